The average Bonchev–Trinajstić information content (AvgIpc) is 3.39. The first-order chi connectivity index (χ1) is 15.4. The van der Waals surface area contributed by atoms with Crippen molar-refractivity contribution in [3.63, 3.8) is 0 Å². The van der Waals surface area contributed by atoms with E-state index in [0.29, 0.717) is 30.1 Å². The van der Waals surface area contributed by atoms with E-state index < -0.39 is 0 Å². The summed E-state index contributed by atoms with van der Waals surface area (Å²) in [5, 5.41) is 0.361. The van der Waals surface area contributed by atoms with Gasteiger partial charge in [0.05, 0.1) is 29.2 Å². The third kappa shape index (κ3) is 4.97. The molecule has 32 heavy (non-hydrogen) atoms. The number of aromatic amines is 1. The van der Waals surface area contributed by atoms with Gasteiger partial charge in [-0.2, -0.15) is 0 Å². The van der Waals surface area contributed by atoms with Crippen molar-refractivity contribution in [2.75, 3.05) is 0 Å². The number of thioether (sulfide) groups is 1. The van der Waals surface area contributed by atoms with Gasteiger partial charge in [-0.3, -0.25) is 9.59 Å². The van der Waals surface area contributed by atoms with E-state index in [4.69, 9.17) is 4.42 Å². The van der Waals surface area contributed by atoms with Crippen LogP contribution in [0.2, 0.25) is 0 Å². The molecule has 0 fully saturated rings. The molecule has 0 spiro atoms. The van der Waals surface area contributed by atoms with Gasteiger partial charge >= 0.3 is 0 Å². The van der Waals surface area contributed by atoms with Gasteiger partial charge in [0.2, 0.25) is 5.91 Å². The summed E-state index contributed by atoms with van der Waals surface area (Å²) in [7, 11) is 0. The van der Waals surface area contributed by atoms with Gasteiger partial charge in [0.25, 0.3) is 5.56 Å². The first-order valence-corrected chi connectivity index (χ1v) is 12.2. The van der Waals surface area contributed by atoms with Gasteiger partial charge in [-0.1, -0.05) is 30.3 Å². The molecular formula is C24H25N3O3S2. The Morgan fingerprint density at radius 3 is 2.69 bits per heavy atom. The molecular weight excluding hydrogens is 442 g/mol. The number of carbonyl (C=O) groups is 1. The van der Waals surface area contributed by atoms with E-state index in [1.165, 1.54) is 23.1 Å². The Bertz CT molecular complexity index is 1260. The molecule has 1 atom stereocenters. The monoisotopic (exact) mass is 467 g/mol. The quantitative estimate of drug-likeness (QED) is 0.392. The molecule has 1 unspecified atom stereocenters. The topological polar surface area (TPSA) is 79.2 Å². The molecule has 4 rings (SSSR count). The molecule has 0 saturated heterocycles. The molecule has 4 aromatic rings. The van der Waals surface area contributed by atoms with E-state index in [-0.39, 0.29) is 16.7 Å². The van der Waals surface area contributed by atoms with Gasteiger partial charge in [-0.15, -0.1) is 23.1 Å². The van der Waals surface area contributed by atoms with Gasteiger partial charge in [-0.25, -0.2) is 4.98 Å². The number of carbonyl (C=O) groups excluding carboxylic acids is 1. The van der Waals surface area contributed by atoms with Crippen LogP contribution in [0.5, 0.6) is 0 Å². The van der Waals surface area contributed by atoms with Crippen LogP contribution in [0.3, 0.4) is 0 Å². The maximum atomic E-state index is 13.3. The molecule has 1 aromatic carbocycles. The zero-order valence-electron chi connectivity index (χ0n) is 18.3. The van der Waals surface area contributed by atoms with Crippen molar-refractivity contribution in [1.82, 2.24) is 14.9 Å². The predicted octanol–water partition coefficient (Wildman–Crippen LogP) is 5.05. The van der Waals surface area contributed by atoms with Crippen LogP contribution >= 0.6 is 23.1 Å². The Morgan fingerprint density at radius 1 is 1.19 bits per heavy atom. The fourth-order valence-electron chi connectivity index (χ4n) is 3.51. The van der Waals surface area contributed by atoms with Crippen molar-refractivity contribution >= 4 is 39.2 Å². The Balaban J connectivity index is 1.47. The summed E-state index contributed by atoms with van der Waals surface area (Å²) >= 11 is 3.00. The van der Waals surface area contributed by atoms with E-state index in [1.807, 2.05) is 63.2 Å². The molecule has 8 heteroatoms. The lowest BCUT2D eigenvalue weighted by Crippen LogP contribution is -2.35. The van der Waals surface area contributed by atoms with Crippen LogP contribution in [-0.2, 0) is 23.6 Å². The third-order valence-corrected chi connectivity index (χ3v) is 7.60. The number of nitrogens with one attached hydrogen (secondary N) is 1. The van der Waals surface area contributed by atoms with Gasteiger partial charge in [0, 0.05) is 11.4 Å². The Labute approximate surface area is 194 Å². The van der Waals surface area contributed by atoms with Crippen molar-refractivity contribution in [2.24, 2.45) is 0 Å². The molecule has 1 amide bonds. The van der Waals surface area contributed by atoms with Crippen LogP contribution in [0.1, 0.15) is 34.5 Å². The van der Waals surface area contributed by atoms with Crippen LogP contribution in [0.25, 0.3) is 10.2 Å². The SMILES string of the molecule is Cc1sc2nc(CSC(C)C(=O)N(Cc3ccccc3)Cc3ccco3)[nH]c(=O)c2c1C. The van der Waals surface area contributed by atoms with Gasteiger partial charge in [0.15, 0.2) is 0 Å². The van der Waals surface area contributed by atoms with Gasteiger partial charge < -0.3 is 14.3 Å². The zero-order chi connectivity index (χ0) is 22.7. The van der Waals surface area contributed by atoms with E-state index in [2.05, 4.69) is 9.97 Å². The minimum absolute atomic E-state index is 0.0153. The second-order valence-electron chi connectivity index (χ2n) is 7.69. The van der Waals surface area contributed by atoms with Crippen molar-refractivity contribution in [1.29, 1.82) is 0 Å². The molecule has 166 valence electrons. The predicted molar refractivity (Wildman–Crippen MR) is 130 cm³/mol. The number of rotatable bonds is 8. The first-order valence-electron chi connectivity index (χ1n) is 10.4. The highest BCUT2D eigenvalue weighted by Gasteiger charge is 2.23. The minimum Gasteiger partial charge on any atom is -0.467 e. The van der Waals surface area contributed by atoms with Crippen LogP contribution < -0.4 is 5.56 Å². The van der Waals surface area contributed by atoms with Crippen molar-refractivity contribution in [3.8, 4) is 0 Å². The summed E-state index contributed by atoms with van der Waals surface area (Å²) < 4.78 is 5.48. The van der Waals surface area contributed by atoms with Gasteiger partial charge in [0.1, 0.15) is 16.4 Å². The Hall–Kier alpha value is -2.84. The second-order valence-corrected chi connectivity index (χ2v) is 10.2. The molecule has 0 aliphatic heterocycles. The molecule has 3 aromatic heterocycles. The van der Waals surface area contributed by atoms with Crippen LogP contribution in [-0.4, -0.2) is 26.0 Å². The lowest BCUT2D eigenvalue weighted by molar-refractivity contribution is -0.131. The number of aromatic nitrogens is 2. The number of thiophene rings is 1. The zero-order valence-corrected chi connectivity index (χ0v) is 19.9. The average molecular weight is 468 g/mol. The summed E-state index contributed by atoms with van der Waals surface area (Å²) in [5.41, 5.74) is 1.93. The molecule has 0 saturated carbocycles. The first kappa shape index (κ1) is 22.4. The Kier molecular flexibility index (Phi) is 6.81. The molecule has 0 aliphatic carbocycles. The maximum absolute atomic E-state index is 13.3. The summed E-state index contributed by atoms with van der Waals surface area (Å²) in [5.74, 6) is 1.80. The molecule has 0 bridgehead atoms. The smallest absolute Gasteiger partial charge is 0.259 e. The number of hydrogen-bond acceptors (Lipinski definition) is 6. The number of H-pyrrole nitrogens is 1. The lowest BCUT2D eigenvalue weighted by atomic mass is 10.2. The second kappa shape index (κ2) is 9.75. The summed E-state index contributed by atoms with van der Waals surface area (Å²) in [4.78, 5) is 37.0. The minimum atomic E-state index is -0.304. The fourth-order valence-corrected chi connectivity index (χ4v) is 5.39. The molecule has 1 N–H and O–H groups in total. The normalized spacial score (nSPS) is 12.2. The lowest BCUT2D eigenvalue weighted by Gasteiger charge is -2.25. The number of benzene rings is 1. The highest BCUT2D eigenvalue weighted by atomic mass is 32.2. The maximum Gasteiger partial charge on any atom is 0.259 e. The van der Waals surface area contributed by atoms with Crippen molar-refractivity contribution in [2.45, 2.75) is 44.9 Å². The van der Waals surface area contributed by atoms with E-state index in [0.717, 1.165) is 26.6 Å². The summed E-state index contributed by atoms with van der Waals surface area (Å²) in [6.45, 7) is 6.74. The van der Waals surface area contributed by atoms with E-state index in [1.54, 1.807) is 11.2 Å². The number of nitrogens with zero attached hydrogens (tertiary/aromatic N) is 2. The number of fused-ring (bicyclic) bond motifs is 1. The van der Waals surface area contributed by atoms with Crippen molar-refractivity contribution < 1.29 is 9.21 Å². The molecule has 0 radical (unpaired) electrons. The number of amides is 1. The van der Waals surface area contributed by atoms with Crippen LogP contribution in [0.15, 0.2) is 57.9 Å². The molecule has 6 nitrogen and oxygen atoms in total. The van der Waals surface area contributed by atoms with Crippen LogP contribution in [0, 0.1) is 13.8 Å². The highest BCUT2D eigenvalue weighted by molar-refractivity contribution is 7.99. The summed E-state index contributed by atoms with van der Waals surface area (Å²) in [6, 6.07) is 13.6. The van der Waals surface area contributed by atoms with E-state index >= 15 is 0 Å². The fraction of sp³-hybridized carbons (Fsp3) is 0.292. The molecule has 3 heterocycles. The Morgan fingerprint density at radius 2 is 1.97 bits per heavy atom. The highest BCUT2D eigenvalue weighted by Crippen LogP contribution is 2.27. The standard InChI is InChI=1S/C24H25N3O3S2/c1-15-16(2)32-23-21(15)22(28)25-20(26-23)14-31-17(3)24(29)27(13-19-10-7-11-30-19)12-18-8-5-4-6-9-18/h4-11,17H,12-14H2,1-3H3,(H,25,26,28). The van der Waals surface area contributed by atoms with Crippen LogP contribution in [0.4, 0.5) is 0 Å². The summed E-state index contributed by atoms with van der Waals surface area (Å²) in [6.07, 6.45) is 1.62. The third-order valence-electron chi connectivity index (χ3n) is 5.36. The largest absolute Gasteiger partial charge is 0.467 e. The molecule has 0 aliphatic rings. The van der Waals surface area contributed by atoms with E-state index in [9.17, 15) is 9.59 Å². The number of furan rings is 1. The van der Waals surface area contributed by atoms with Crippen molar-refractivity contribution in [3.05, 3.63) is 86.7 Å². The van der Waals surface area contributed by atoms with Gasteiger partial charge in [-0.05, 0) is 44.0 Å². The number of hydrogen-bond donors (Lipinski definition) is 1. The number of aryl methyl sites for hydroxylation is 2.